The molecule has 0 aromatic heterocycles. The quantitative estimate of drug-likeness (QED) is 0.313. The van der Waals surface area contributed by atoms with Crippen molar-refractivity contribution in [3.05, 3.63) is 83.4 Å². The van der Waals surface area contributed by atoms with E-state index in [9.17, 15) is 0 Å². The minimum absolute atomic E-state index is 0.00964. The number of hydrogen-bond donors (Lipinski definition) is 2. The Kier molecular flexibility index (Phi) is 6.21. The third-order valence-corrected chi connectivity index (χ3v) is 10.9. The Labute approximate surface area is 207 Å². The normalized spacial score (nSPS) is 21.9. The molecular weight excluding hydrogens is 458 g/mol. The van der Waals surface area contributed by atoms with Gasteiger partial charge in [0.25, 0.3) is 0 Å². The van der Waals surface area contributed by atoms with Gasteiger partial charge in [0, 0.05) is 30.2 Å². The van der Waals surface area contributed by atoms with E-state index in [4.69, 9.17) is 11.5 Å². The summed E-state index contributed by atoms with van der Waals surface area (Å²) < 4.78 is 31.2. The summed E-state index contributed by atoms with van der Waals surface area (Å²) in [6, 6.07) is 20.7. The molecule has 0 spiro atoms. The lowest BCUT2D eigenvalue weighted by Crippen LogP contribution is -2.43. The third kappa shape index (κ3) is 4.74. The van der Waals surface area contributed by atoms with E-state index in [0.717, 1.165) is 49.1 Å². The molecule has 3 aromatic rings. The van der Waals surface area contributed by atoms with Crippen molar-refractivity contribution in [1.29, 1.82) is 0 Å². The van der Waals surface area contributed by atoms with E-state index in [-0.39, 0.29) is 17.8 Å². The number of nitrogens with zero attached hydrogens (tertiary/aromatic N) is 2. The number of benzene rings is 3. The van der Waals surface area contributed by atoms with Crippen molar-refractivity contribution in [2.24, 2.45) is 0 Å². The molecule has 5 rings (SSSR count). The standard InChI is InChI=1S/C28H34F2N4Si/c1-35(2)15-13-33(14-16-35)28-24(29)17-23(18-25(28)30)34-26(19-3-7-21(31)8-4-19)11-12-27(34)20-5-9-22(32)10-6-20/h3-10,17-18,26-27H,11-16,31-32H2,1-2H3/t26-,27-/m1/s1. The summed E-state index contributed by atoms with van der Waals surface area (Å²) in [5.74, 6) is -0.972. The van der Waals surface area contributed by atoms with Crippen LogP contribution in [0.5, 0.6) is 0 Å². The fourth-order valence-corrected chi connectivity index (χ4v) is 7.60. The van der Waals surface area contributed by atoms with Crippen molar-refractivity contribution in [1.82, 2.24) is 0 Å². The molecule has 35 heavy (non-hydrogen) atoms. The van der Waals surface area contributed by atoms with Gasteiger partial charge in [-0.1, -0.05) is 37.4 Å². The van der Waals surface area contributed by atoms with Gasteiger partial charge in [0.05, 0.1) is 20.2 Å². The van der Waals surface area contributed by atoms with Gasteiger partial charge in [0.2, 0.25) is 0 Å². The van der Waals surface area contributed by atoms with Crippen LogP contribution >= 0.6 is 0 Å². The van der Waals surface area contributed by atoms with E-state index in [0.29, 0.717) is 17.1 Å². The predicted octanol–water partition coefficient (Wildman–Crippen LogP) is 6.74. The summed E-state index contributed by atoms with van der Waals surface area (Å²) in [5.41, 5.74) is 16.1. The van der Waals surface area contributed by atoms with E-state index in [1.54, 1.807) is 0 Å². The highest BCUT2D eigenvalue weighted by molar-refractivity contribution is 6.77. The molecule has 0 unspecified atom stereocenters. The Morgan fingerprint density at radius 1 is 0.743 bits per heavy atom. The van der Waals surface area contributed by atoms with Gasteiger partial charge in [0.15, 0.2) is 11.6 Å². The molecule has 4 N–H and O–H groups in total. The Morgan fingerprint density at radius 2 is 1.17 bits per heavy atom. The predicted molar refractivity (Wildman–Crippen MR) is 145 cm³/mol. The lowest BCUT2D eigenvalue weighted by molar-refractivity contribution is 0.566. The summed E-state index contributed by atoms with van der Waals surface area (Å²) in [7, 11) is -1.25. The smallest absolute Gasteiger partial charge is 0.151 e. The van der Waals surface area contributed by atoms with E-state index in [1.165, 1.54) is 12.1 Å². The second-order valence-electron chi connectivity index (χ2n) is 10.8. The van der Waals surface area contributed by atoms with Crippen LogP contribution in [0.2, 0.25) is 25.2 Å². The highest BCUT2D eigenvalue weighted by atomic mass is 28.3. The number of nitrogens with two attached hydrogens (primary N) is 2. The van der Waals surface area contributed by atoms with Crippen molar-refractivity contribution in [3.8, 4) is 0 Å². The third-order valence-electron chi connectivity index (χ3n) is 7.76. The van der Waals surface area contributed by atoms with E-state index >= 15 is 8.78 Å². The fraction of sp³-hybridized carbons (Fsp3) is 0.357. The highest BCUT2D eigenvalue weighted by Gasteiger charge is 2.37. The summed E-state index contributed by atoms with van der Waals surface area (Å²) in [6.45, 7) is 6.14. The van der Waals surface area contributed by atoms with Crippen molar-refractivity contribution in [2.75, 3.05) is 34.4 Å². The number of halogens is 2. The van der Waals surface area contributed by atoms with Crippen LogP contribution in [0.1, 0.15) is 36.1 Å². The molecule has 2 aliphatic rings. The molecule has 2 heterocycles. The van der Waals surface area contributed by atoms with E-state index in [1.807, 2.05) is 53.4 Å². The van der Waals surface area contributed by atoms with Crippen molar-refractivity contribution < 1.29 is 8.78 Å². The molecule has 0 saturated carbocycles. The number of nitrogen functional groups attached to an aromatic ring is 2. The van der Waals surface area contributed by atoms with Crippen LogP contribution in [0.3, 0.4) is 0 Å². The number of rotatable bonds is 4. The lowest BCUT2D eigenvalue weighted by atomic mass is 10.0. The molecule has 2 fully saturated rings. The summed E-state index contributed by atoms with van der Waals surface area (Å²) in [4.78, 5) is 4.06. The fourth-order valence-electron chi connectivity index (χ4n) is 5.60. The van der Waals surface area contributed by atoms with Gasteiger partial charge in [-0.05, 0) is 72.5 Å². The topological polar surface area (TPSA) is 58.5 Å². The van der Waals surface area contributed by atoms with Crippen molar-refractivity contribution in [3.63, 3.8) is 0 Å². The molecule has 3 aromatic carbocycles. The van der Waals surface area contributed by atoms with Crippen LogP contribution in [0.4, 0.5) is 31.5 Å². The maximum Gasteiger partial charge on any atom is 0.151 e. The first kappa shape index (κ1) is 23.7. The van der Waals surface area contributed by atoms with E-state index < -0.39 is 19.7 Å². The van der Waals surface area contributed by atoms with Gasteiger partial charge in [-0.15, -0.1) is 0 Å². The second kappa shape index (κ2) is 9.19. The monoisotopic (exact) mass is 492 g/mol. The maximum atomic E-state index is 15.6. The second-order valence-corrected chi connectivity index (χ2v) is 16.1. The van der Waals surface area contributed by atoms with Crippen molar-refractivity contribution in [2.45, 2.75) is 50.1 Å². The minimum atomic E-state index is -1.25. The molecular formula is C28H34F2N4Si. The first-order valence-electron chi connectivity index (χ1n) is 12.4. The summed E-state index contributed by atoms with van der Waals surface area (Å²) in [6.07, 6.45) is 1.74. The molecule has 0 radical (unpaired) electrons. The molecule has 2 saturated heterocycles. The molecule has 7 heteroatoms. The van der Waals surface area contributed by atoms with Crippen LogP contribution in [0.15, 0.2) is 60.7 Å². The highest BCUT2D eigenvalue weighted by Crippen LogP contribution is 2.48. The Morgan fingerprint density at radius 3 is 1.60 bits per heavy atom. The molecule has 2 aliphatic heterocycles. The number of anilines is 4. The molecule has 0 bridgehead atoms. The van der Waals surface area contributed by atoms with Gasteiger partial charge < -0.3 is 21.3 Å². The van der Waals surface area contributed by atoms with Gasteiger partial charge in [-0.3, -0.25) is 0 Å². The van der Waals surface area contributed by atoms with Gasteiger partial charge >= 0.3 is 0 Å². The molecule has 2 atom stereocenters. The molecule has 184 valence electrons. The zero-order valence-corrected chi connectivity index (χ0v) is 21.5. The van der Waals surface area contributed by atoms with Crippen molar-refractivity contribution >= 4 is 30.8 Å². The first-order chi connectivity index (χ1) is 16.7. The zero-order chi connectivity index (χ0) is 24.7. The Hall–Kier alpha value is -3.06. The van der Waals surface area contributed by atoms with Gasteiger partial charge in [-0.25, -0.2) is 8.78 Å². The minimum Gasteiger partial charge on any atom is -0.399 e. The Bertz CT molecular complexity index is 1110. The lowest BCUT2D eigenvalue weighted by Gasteiger charge is -2.38. The average molecular weight is 493 g/mol. The van der Waals surface area contributed by atoms with Crippen LogP contribution in [-0.4, -0.2) is 21.2 Å². The SMILES string of the molecule is C[Si]1(C)CCN(c2c(F)cc(N3[C@@H](c4ccc(N)cc4)CC[C@@H]3c3ccc(N)cc3)cc2F)CC1. The van der Waals surface area contributed by atoms with Crippen LogP contribution in [0, 0.1) is 11.6 Å². The average Bonchev–Trinajstić information content (AvgIpc) is 3.26. The van der Waals surface area contributed by atoms with Crippen LogP contribution in [0.25, 0.3) is 0 Å². The molecule has 4 nitrogen and oxygen atoms in total. The van der Waals surface area contributed by atoms with Crippen LogP contribution in [-0.2, 0) is 0 Å². The van der Waals surface area contributed by atoms with Gasteiger partial charge in [-0.2, -0.15) is 0 Å². The summed E-state index contributed by atoms with van der Waals surface area (Å²) in [5, 5.41) is 0. The maximum absolute atomic E-state index is 15.6. The zero-order valence-electron chi connectivity index (χ0n) is 20.5. The largest absolute Gasteiger partial charge is 0.399 e. The van der Waals surface area contributed by atoms with Crippen LogP contribution < -0.4 is 21.3 Å². The first-order valence-corrected chi connectivity index (χ1v) is 15.9. The van der Waals surface area contributed by atoms with Gasteiger partial charge in [0.1, 0.15) is 5.69 Å². The van der Waals surface area contributed by atoms with E-state index in [2.05, 4.69) is 18.0 Å². The Balaban J connectivity index is 1.53. The number of hydrogen-bond acceptors (Lipinski definition) is 4. The molecule has 0 aliphatic carbocycles. The molecule has 0 amide bonds. The summed E-state index contributed by atoms with van der Waals surface area (Å²) >= 11 is 0.